The van der Waals surface area contributed by atoms with Crippen LogP contribution < -0.4 is 10.6 Å². The smallest absolute Gasteiger partial charge is 0.153 e. The number of rotatable bonds is 2. The highest BCUT2D eigenvalue weighted by Crippen LogP contribution is 2.42. The summed E-state index contributed by atoms with van der Waals surface area (Å²) in [6.07, 6.45) is 13.0. The monoisotopic (exact) mass is 336 g/mol. The van der Waals surface area contributed by atoms with E-state index in [-0.39, 0.29) is 5.79 Å². The number of likely N-dealkylation sites (tertiary alicyclic amines) is 1. The zero-order valence-corrected chi connectivity index (χ0v) is 14.8. The van der Waals surface area contributed by atoms with Crippen LogP contribution in [0.4, 0.5) is 5.69 Å². The van der Waals surface area contributed by atoms with E-state index in [4.69, 9.17) is 0 Å². The second kappa shape index (κ2) is 6.27. The normalized spacial score (nSPS) is 35.2. The Kier molecular flexibility index (Phi) is 3.92. The first kappa shape index (κ1) is 15.6. The molecular weight excluding hydrogens is 308 g/mol. The fraction of sp³-hybridized carbons (Fsp3) is 0.524. The Labute approximate surface area is 150 Å². The van der Waals surface area contributed by atoms with E-state index in [2.05, 4.69) is 69.0 Å². The maximum atomic E-state index is 3.99. The second-order valence-corrected chi connectivity index (χ2v) is 7.77. The molecule has 3 heterocycles. The number of piperidine rings is 1. The molecule has 3 aliphatic heterocycles. The van der Waals surface area contributed by atoms with Crippen molar-refractivity contribution in [1.82, 2.24) is 15.1 Å². The third kappa shape index (κ3) is 2.55. The molecule has 2 N–H and O–H groups in total. The molecule has 4 nitrogen and oxygen atoms in total. The molecule has 0 bridgehead atoms. The summed E-state index contributed by atoms with van der Waals surface area (Å²) in [5.41, 5.74) is 2.77. The summed E-state index contributed by atoms with van der Waals surface area (Å²) in [5.74, 6) is 0.578. The van der Waals surface area contributed by atoms with Gasteiger partial charge < -0.3 is 10.6 Å². The van der Waals surface area contributed by atoms with E-state index in [9.17, 15) is 0 Å². The number of nitrogens with zero attached hydrogens (tertiary/aromatic N) is 2. The lowest BCUT2D eigenvalue weighted by molar-refractivity contribution is -0.0746. The molecule has 25 heavy (non-hydrogen) atoms. The molecule has 4 aliphatic rings. The number of para-hydroxylation sites is 1. The van der Waals surface area contributed by atoms with Crippen molar-refractivity contribution in [2.75, 3.05) is 38.0 Å². The maximum Gasteiger partial charge on any atom is 0.153 e. The fourth-order valence-electron chi connectivity index (χ4n) is 5.22. The Bertz CT molecular complexity index is 664. The van der Waals surface area contributed by atoms with Crippen LogP contribution >= 0.6 is 0 Å². The lowest BCUT2D eigenvalue weighted by atomic mass is 9.84. The van der Waals surface area contributed by atoms with Gasteiger partial charge in [0.15, 0.2) is 5.79 Å². The van der Waals surface area contributed by atoms with Crippen LogP contribution in [-0.4, -0.2) is 54.4 Å². The standard InChI is InChI=1S/C21H28N4/c1-3-9-19-18(7-1)16-21(23-19,24-14-11-22-12-15-24)25-13-5-8-17-6-2-4-10-20(17)25/h1-4,6-7,9-10,17,20,22-23H,5,8,11-16H2. The predicted octanol–water partition coefficient (Wildman–Crippen LogP) is 2.42. The Morgan fingerprint density at radius 1 is 1.00 bits per heavy atom. The van der Waals surface area contributed by atoms with E-state index in [1.165, 1.54) is 30.6 Å². The van der Waals surface area contributed by atoms with Gasteiger partial charge in [-0.3, -0.25) is 9.80 Å². The van der Waals surface area contributed by atoms with Crippen LogP contribution in [0.2, 0.25) is 0 Å². The topological polar surface area (TPSA) is 30.5 Å². The Balaban J connectivity index is 1.54. The van der Waals surface area contributed by atoms with Gasteiger partial charge in [-0.25, -0.2) is 0 Å². The fourth-order valence-corrected chi connectivity index (χ4v) is 5.22. The van der Waals surface area contributed by atoms with Gasteiger partial charge in [0.25, 0.3) is 0 Å². The van der Waals surface area contributed by atoms with Crippen molar-refractivity contribution >= 4 is 5.69 Å². The second-order valence-electron chi connectivity index (χ2n) is 7.77. The first-order valence-corrected chi connectivity index (χ1v) is 9.80. The average molecular weight is 336 g/mol. The minimum Gasteiger partial charge on any atom is -0.354 e. The summed E-state index contributed by atoms with van der Waals surface area (Å²) in [6.45, 7) is 5.54. The van der Waals surface area contributed by atoms with Gasteiger partial charge >= 0.3 is 0 Å². The summed E-state index contributed by atoms with van der Waals surface area (Å²) in [6, 6.07) is 9.38. The van der Waals surface area contributed by atoms with E-state index in [0.29, 0.717) is 12.0 Å². The average Bonchev–Trinajstić information content (AvgIpc) is 3.09. The van der Waals surface area contributed by atoms with Crippen molar-refractivity contribution in [3.8, 4) is 0 Å². The summed E-state index contributed by atoms with van der Waals surface area (Å²) < 4.78 is 0. The molecule has 3 atom stereocenters. The Morgan fingerprint density at radius 3 is 2.72 bits per heavy atom. The molecule has 4 heteroatoms. The van der Waals surface area contributed by atoms with Crippen LogP contribution in [0.25, 0.3) is 0 Å². The van der Waals surface area contributed by atoms with Gasteiger partial charge in [-0.1, -0.05) is 42.5 Å². The first-order chi connectivity index (χ1) is 12.4. The van der Waals surface area contributed by atoms with E-state index in [0.717, 1.165) is 32.6 Å². The Morgan fingerprint density at radius 2 is 1.84 bits per heavy atom. The SMILES string of the molecule is C1=CC2CCCN(C3(N4CCNCC4)Cc4ccccc4N3)C2C=C1. The van der Waals surface area contributed by atoms with E-state index in [1.807, 2.05) is 0 Å². The molecule has 0 saturated carbocycles. The van der Waals surface area contributed by atoms with Crippen LogP contribution in [0, 0.1) is 5.92 Å². The zero-order valence-electron chi connectivity index (χ0n) is 14.8. The quantitative estimate of drug-likeness (QED) is 0.868. The number of piperazine rings is 1. The highest BCUT2D eigenvalue weighted by atomic mass is 15.5. The first-order valence-electron chi connectivity index (χ1n) is 9.80. The number of anilines is 1. The molecule has 2 fully saturated rings. The van der Waals surface area contributed by atoms with Gasteiger partial charge in [-0.2, -0.15) is 0 Å². The van der Waals surface area contributed by atoms with Crippen LogP contribution in [-0.2, 0) is 6.42 Å². The van der Waals surface area contributed by atoms with Crippen molar-refractivity contribution in [2.24, 2.45) is 5.92 Å². The van der Waals surface area contributed by atoms with E-state index in [1.54, 1.807) is 0 Å². The molecule has 1 aliphatic carbocycles. The highest BCUT2D eigenvalue weighted by molar-refractivity contribution is 5.58. The summed E-state index contributed by atoms with van der Waals surface area (Å²) >= 11 is 0. The molecule has 0 radical (unpaired) electrons. The lowest BCUT2D eigenvalue weighted by Gasteiger charge is -2.55. The highest BCUT2D eigenvalue weighted by Gasteiger charge is 2.50. The number of allylic oxidation sites excluding steroid dienone is 2. The molecule has 0 aromatic heterocycles. The van der Waals surface area contributed by atoms with Gasteiger partial charge in [0.05, 0.1) is 0 Å². The third-order valence-corrected chi connectivity index (χ3v) is 6.42. The summed E-state index contributed by atoms with van der Waals surface area (Å²) in [5, 5.41) is 7.51. The van der Waals surface area contributed by atoms with Crippen molar-refractivity contribution in [3.63, 3.8) is 0 Å². The largest absolute Gasteiger partial charge is 0.354 e. The number of benzene rings is 1. The maximum absolute atomic E-state index is 3.99. The van der Waals surface area contributed by atoms with Crippen LogP contribution in [0.5, 0.6) is 0 Å². The molecule has 132 valence electrons. The minimum absolute atomic E-state index is 0.0787. The third-order valence-electron chi connectivity index (χ3n) is 6.42. The van der Waals surface area contributed by atoms with E-state index >= 15 is 0 Å². The van der Waals surface area contributed by atoms with Crippen molar-refractivity contribution < 1.29 is 0 Å². The summed E-state index contributed by atoms with van der Waals surface area (Å²) in [4.78, 5) is 5.46. The summed E-state index contributed by atoms with van der Waals surface area (Å²) in [7, 11) is 0. The molecule has 0 amide bonds. The van der Waals surface area contributed by atoms with Gasteiger partial charge in [-0.15, -0.1) is 0 Å². The van der Waals surface area contributed by atoms with Crippen molar-refractivity contribution in [1.29, 1.82) is 0 Å². The van der Waals surface area contributed by atoms with E-state index < -0.39 is 0 Å². The van der Waals surface area contributed by atoms with Crippen LogP contribution in [0.15, 0.2) is 48.6 Å². The number of hydrogen-bond donors (Lipinski definition) is 2. The number of nitrogens with one attached hydrogen (secondary N) is 2. The van der Waals surface area contributed by atoms with Crippen LogP contribution in [0.1, 0.15) is 18.4 Å². The number of hydrogen-bond acceptors (Lipinski definition) is 4. The minimum atomic E-state index is -0.0787. The molecular formula is C21H28N4. The number of fused-ring (bicyclic) bond motifs is 2. The van der Waals surface area contributed by atoms with Crippen LogP contribution in [0.3, 0.4) is 0 Å². The van der Waals surface area contributed by atoms with Crippen molar-refractivity contribution in [3.05, 3.63) is 54.1 Å². The molecule has 3 unspecified atom stereocenters. The molecule has 0 spiro atoms. The predicted molar refractivity (Wildman–Crippen MR) is 102 cm³/mol. The lowest BCUT2D eigenvalue weighted by Crippen LogP contribution is -2.71. The molecule has 1 aromatic rings. The molecule has 1 aromatic carbocycles. The van der Waals surface area contributed by atoms with Crippen molar-refractivity contribution in [2.45, 2.75) is 31.1 Å². The van der Waals surface area contributed by atoms with Gasteiger partial charge in [-0.05, 0) is 30.4 Å². The molecule has 5 rings (SSSR count). The van der Waals surface area contributed by atoms with Gasteiger partial charge in [0, 0.05) is 50.9 Å². The Hall–Kier alpha value is -1.62. The molecule has 2 saturated heterocycles. The van der Waals surface area contributed by atoms with Gasteiger partial charge in [0.2, 0.25) is 0 Å². The van der Waals surface area contributed by atoms with Gasteiger partial charge in [0.1, 0.15) is 0 Å². The zero-order chi connectivity index (χ0) is 16.7.